The van der Waals surface area contributed by atoms with Crippen molar-refractivity contribution in [2.75, 3.05) is 20.2 Å². The van der Waals surface area contributed by atoms with Crippen molar-refractivity contribution < 1.29 is 19.4 Å². The largest absolute Gasteiger partial charge is 0.481 e. The number of rotatable bonds is 2. The van der Waals surface area contributed by atoms with E-state index >= 15 is 0 Å². The maximum Gasteiger partial charge on any atom is 0.409 e. The number of amides is 1. The second-order valence-electron chi connectivity index (χ2n) is 4.10. The molecule has 1 amide bonds. The number of carboxylic acids is 1. The third-order valence-electron chi connectivity index (χ3n) is 2.89. The summed E-state index contributed by atoms with van der Waals surface area (Å²) < 4.78 is 4.52. The van der Waals surface area contributed by atoms with E-state index in [9.17, 15) is 9.59 Å². The van der Waals surface area contributed by atoms with E-state index < -0.39 is 11.4 Å². The molecule has 0 atom stereocenters. The van der Waals surface area contributed by atoms with Crippen molar-refractivity contribution in [2.45, 2.75) is 13.8 Å². The summed E-state index contributed by atoms with van der Waals surface area (Å²) in [5.41, 5.74) is -0.773. The number of ether oxygens (including phenoxy) is 1. The molecule has 0 spiro atoms. The van der Waals surface area contributed by atoms with Gasteiger partial charge in [0.1, 0.15) is 0 Å². The molecule has 80 valence electrons. The van der Waals surface area contributed by atoms with Gasteiger partial charge in [0.15, 0.2) is 0 Å². The molecule has 0 bridgehead atoms. The minimum absolute atomic E-state index is 0.0131. The maximum absolute atomic E-state index is 11.0. The summed E-state index contributed by atoms with van der Waals surface area (Å²) in [4.78, 5) is 23.4. The van der Waals surface area contributed by atoms with E-state index in [1.165, 1.54) is 12.0 Å². The number of methoxy groups -OCH3 is 1. The average Bonchev–Trinajstić information content (AvgIpc) is 2.00. The number of likely N-dealkylation sites (tertiary alicyclic amines) is 1. The Kier molecular flexibility index (Phi) is 2.69. The topological polar surface area (TPSA) is 66.8 Å². The van der Waals surface area contributed by atoms with Crippen LogP contribution in [-0.2, 0) is 9.53 Å². The Morgan fingerprint density at radius 2 is 1.93 bits per heavy atom. The van der Waals surface area contributed by atoms with Crippen LogP contribution in [0.25, 0.3) is 0 Å². The summed E-state index contributed by atoms with van der Waals surface area (Å²) in [6.45, 7) is 4.28. The van der Waals surface area contributed by atoms with Crippen LogP contribution in [-0.4, -0.2) is 42.3 Å². The monoisotopic (exact) mass is 201 g/mol. The third-order valence-corrected chi connectivity index (χ3v) is 2.89. The highest BCUT2D eigenvalue weighted by Crippen LogP contribution is 2.34. The van der Waals surface area contributed by atoms with Gasteiger partial charge in [-0.15, -0.1) is 0 Å². The summed E-state index contributed by atoms with van der Waals surface area (Å²) in [6, 6.07) is 0. The first kappa shape index (κ1) is 10.8. The smallest absolute Gasteiger partial charge is 0.409 e. The zero-order valence-electron chi connectivity index (χ0n) is 8.61. The summed E-state index contributed by atoms with van der Waals surface area (Å²) >= 11 is 0. The number of hydrogen-bond acceptors (Lipinski definition) is 3. The fourth-order valence-corrected chi connectivity index (χ4v) is 1.39. The zero-order valence-corrected chi connectivity index (χ0v) is 8.61. The Balaban J connectivity index is 2.49. The number of carbonyl (C=O) groups is 2. The third kappa shape index (κ3) is 1.66. The van der Waals surface area contributed by atoms with Gasteiger partial charge in [0.2, 0.25) is 0 Å². The fraction of sp³-hybridized carbons (Fsp3) is 0.778. The molecule has 1 aliphatic heterocycles. The second kappa shape index (κ2) is 3.48. The molecule has 0 aliphatic carbocycles. The van der Waals surface area contributed by atoms with Crippen molar-refractivity contribution in [3.63, 3.8) is 0 Å². The first-order valence-corrected chi connectivity index (χ1v) is 4.46. The molecule has 1 fully saturated rings. The molecule has 1 heterocycles. The van der Waals surface area contributed by atoms with Gasteiger partial charge in [-0.3, -0.25) is 4.79 Å². The van der Waals surface area contributed by atoms with Crippen LogP contribution in [0, 0.1) is 11.3 Å². The van der Waals surface area contributed by atoms with Crippen molar-refractivity contribution in [3.05, 3.63) is 0 Å². The highest BCUT2D eigenvalue weighted by Gasteiger charge is 2.45. The highest BCUT2D eigenvalue weighted by molar-refractivity contribution is 5.75. The molecular weight excluding hydrogens is 186 g/mol. The van der Waals surface area contributed by atoms with Crippen LogP contribution in [0.1, 0.15) is 13.8 Å². The van der Waals surface area contributed by atoms with Gasteiger partial charge in [0.25, 0.3) is 0 Å². The van der Waals surface area contributed by atoms with E-state index in [0.717, 1.165) is 0 Å². The van der Waals surface area contributed by atoms with Gasteiger partial charge in [0.05, 0.1) is 12.5 Å². The van der Waals surface area contributed by atoms with Gasteiger partial charge < -0.3 is 14.7 Å². The molecule has 14 heavy (non-hydrogen) atoms. The lowest BCUT2D eigenvalue weighted by atomic mass is 9.74. The Hall–Kier alpha value is -1.26. The molecule has 0 saturated carbocycles. The van der Waals surface area contributed by atoms with Crippen LogP contribution in [0.15, 0.2) is 0 Å². The van der Waals surface area contributed by atoms with Gasteiger partial charge in [0, 0.05) is 19.0 Å². The summed E-state index contributed by atoms with van der Waals surface area (Å²) in [5, 5.41) is 8.92. The molecule has 0 radical (unpaired) electrons. The minimum Gasteiger partial charge on any atom is -0.481 e. The molecule has 1 rings (SSSR count). The lowest BCUT2D eigenvalue weighted by Crippen LogP contribution is -2.57. The molecule has 1 saturated heterocycles. The molecule has 1 N–H and O–H groups in total. The van der Waals surface area contributed by atoms with E-state index in [2.05, 4.69) is 4.74 Å². The Labute approximate surface area is 82.6 Å². The molecule has 0 unspecified atom stereocenters. The number of aliphatic carboxylic acids is 1. The standard InChI is InChI=1S/C9H15NO4/c1-9(2,7(11)12)6-4-10(5-6)8(13)14-3/h6H,4-5H2,1-3H3,(H,11,12). The van der Waals surface area contributed by atoms with E-state index in [1.807, 2.05) is 0 Å². The van der Waals surface area contributed by atoms with Gasteiger partial charge in [-0.2, -0.15) is 0 Å². The number of hydrogen-bond donors (Lipinski definition) is 1. The summed E-state index contributed by atoms with van der Waals surface area (Å²) in [5.74, 6) is -0.814. The van der Waals surface area contributed by atoms with Crippen molar-refractivity contribution in [2.24, 2.45) is 11.3 Å². The number of carboxylic acid groups (broad SMARTS) is 1. The average molecular weight is 201 g/mol. The van der Waals surface area contributed by atoms with Crippen molar-refractivity contribution in [3.8, 4) is 0 Å². The lowest BCUT2D eigenvalue weighted by molar-refractivity contribution is -0.153. The van der Waals surface area contributed by atoms with Gasteiger partial charge >= 0.3 is 12.1 Å². The zero-order chi connectivity index (χ0) is 10.9. The molecule has 1 aliphatic rings. The normalized spacial score (nSPS) is 17.5. The van der Waals surface area contributed by atoms with E-state index in [0.29, 0.717) is 13.1 Å². The SMILES string of the molecule is COC(=O)N1CC(C(C)(C)C(=O)O)C1. The van der Waals surface area contributed by atoms with E-state index in [-0.39, 0.29) is 12.0 Å². The summed E-state index contributed by atoms with van der Waals surface area (Å²) in [7, 11) is 1.32. The van der Waals surface area contributed by atoms with Crippen LogP contribution in [0.4, 0.5) is 4.79 Å². The van der Waals surface area contributed by atoms with Crippen LogP contribution in [0.5, 0.6) is 0 Å². The lowest BCUT2D eigenvalue weighted by Gasteiger charge is -2.44. The molecule has 0 aromatic carbocycles. The van der Waals surface area contributed by atoms with Crippen LogP contribution in [0.2, 0.25) is 0 Å². The molecule has 0 aromatic heterocycles. The van der Waals surface area contributed by atoms with Gasteiger partial charge in [-0.05, 0) is 13.8 Å². The van der Waals surface area contributed by atoms with E-state index in [4.69, 9.17) is 5.11 Å². The first-order chi connectivity index (χ1) is 6.39. The number of nitrogens with zero attached hydrogens (tertiary/aromatic N) is 1. The second-order valence-corrected chi connectivity index (χ2v) is 4.10. The van der Waals surface area contributed by atoms with E-state index in [1.54, 1.807) is 13.8 Å². The van der Waals surface area contributed by atoms with Crippen molar-refractivity contribution in [1.82, 2.24) is 4.90 Å². The molecule has 5 nitrogen and oxygen atoms in total. The Morgan fingerprint density at radius 1 is 1.43 bits per heavy atom. The van der Waals surface area contributed by atoms with Crippen LogP contribution < -0.4 is 0 Å². The van der Waals surface area contributed by atoms with Gasteiger partial charge in [-0.25, -0.2) is 4.79 Å². The van der Waals surface area contributed by atoms with Crippen molar-refractivity contribution in [1.29, 1.82) is 0 Å². The van der Waals surface area contributed by atoms with Crippen molar-refractivity contribution >= 4 is 12.1 Å². The Bertz CT molecular complexity index is 256. The predicted molar refractivity (Wildman–Crippen MR) is 48.9 cm³/mol. The minimum atomic E-state index is -0.827. The quantitative estimate of drug-likeness (QED) is 0.717. The van der Waals surface area contributed by atoms with Crippen LogP contribution >= 0.6 is 0 Å². The van der Waals surface area contributed by atoms with Gasteiger partial charge in [-0.1, -0.05) is 0 Å². The predicted octanol–water partition coefficient (Wildman–Crippen LogP) is 0.795. The fourth-order valence-electron chi connectivity index (χ4n) is 1.39. The summed E-state index contributed by atoms with van der Waals surface area (Å²) in [6.07, 6.45) is -0.387. The Morgan fingerprint density at radius 3 is 2.29 bits per heavy atom. The first-order valence-electron chi connectivity index (χ1n) is 4.46. The molecule has 5 heteroatoms. The highest BCUT2D eigenvalue weighted by atomic mass is 16.5. The van der Waals surface area contributed by atoms with Crippen LogP contribution in [0.3, 0.4) is 0 Å². The molecule has 0 aromatic rings. The maximum atomic E-state index is 11.0. The molecular formula is C9H15NO4. The number of carbonyl (C=O) groups excluding carboxylic acids is 1.